The van der Waals surface area contributed by atoms with Crippen LogP contribution in [0.1, 0.15) is 6.42 Å². The van der Waals surface area contributed by atoms with Crippen LogP contribution in [0.4, 0.5) is 0 Å². The molecule has 0 aromatic heterocycles. The minimum absolute atomic E-state index is 0. The number of hydrogen-bond donors (Lipinski definition) is 2. The van der Waals surface area contributed by atoms with E-state index in [0.29, 0.717) is 0 Å². The van der Waals surface area contributed by atoms with Gasteiger partial charge in [-0.2, -0.15) is 0 Å². The van der Waals surface area contributed by atoms with Gasteiger partial charge in [-0.3, -0.25) is 9.59 Å². The first-order chi connectivity index (χ1) is 6.06. The quantitative estimate of drug-likeness (QED) is 0.228. The third kappa shape index (κ3) is 9.35. The summed E-state index contributed by atoms with van der Waals surface area (Å²) in [5.41, 5.74) is 0. The molecule has 0 saturated heterocycles. The van der Waals surface area contributed by atoms with Gasteiger partial charge in [0.25, 0.3) is 0 Å². The van der Waals surface area contributed by atoms with Crippen LogP contribution in [0.3, 0.4) is 0 Å². The molecule has 8 heteroatoms. The summed E-state index contributed by atoms with van der Waals surface area (Å²) in [5, 5.41) is 16.3. The summed E-state index contributed by atoms with van der Waals surface area (Å²) in [6.45, 7) is 3.28. The Morgan fingerprint density at radius 1 is 1.36 bits per heavy atom. The van der Waals surface area contributed by atoms with E-state index in [2.05, 4.69) is 16.0 Å². The second-order valence-electron chi connectivity index (χ2n) is 1.96. The zero-order valence-corrected chi connectivity index (χ0v) is 6.80. The molecule has 0 aromatic carbocycles. The van der Waals surface area contributed by atoms with Crippen molar-refractivity contribution in [3.05, 3.63) is 12.7 Å². The zero-order chi connectivity index (χ0) is 10.3. The molecule has 2 N–H and O–H groups in total. The summed E-state index contributed by atoms with van der Waals surface area (Å²) in [7, 11) is -2.21. The maximum absolute atomic E-state index is 10.7. The average Bonchev–Trinajstić information content (AvgIpc) is 1.98. The van der Waals surface area contributed by atoms with Gasteiger partial charge in [0.15, 0.2) is 0 Å². The van der Waals surface area contributed by atoms with Gasteiger partial charge < -0.3 is 19.4 Å². The van der Waals surface area contributed by atoms with Crippen LogP contribution in [-0.2, 0) is 19.0 Å². The second-order valence-corrected chi connectivity index (χ2v) is 1.96. The van der Waals surface area contributed by atoms with Gasteiger partial charge in [-0.15, -0.1) is 0 Å². The van der Waals surface area contributed by atoms with Gasteiger partial charge in [-0.05, 0) is 0 Å². The van der Waals surface area contributed by atoms with Gasteiger partial charge in [0, 0.05) is 0 Å². The second kappa shape index (κ2) is 8.84. The third-order valence-corrected chi connectivity index (χ3v) is 0.888. The van der Waals surface area contributed by atoms with Crippen molar-refractivity contribution in [2.24, 2.45) is 0 Å². The van der Waals surface area contributed by atoms with E-state index < -0.39 is 25.7 Å². The molecule has 14 heavy (non-hydrogen) atoms. The van der Waals surface area contributed by atoms with Crippen molar-refractivity contribution in [3.8, 4) is 0 Å². The minimum atomic E-state index is -2.21. The van der Waals surface area contributed by atoms with Crippen molar-refractivity contribution in [1.29, 1.82) is 0 Å². The summed E-state index contributed by atoms with van der Waals surface area (Å²) >= 11 is 0. The predicted molar refractivity (Wildman–Crippen MR) is 49.2 cm³/mol. The monoisotopic (exact) mass is 196 g/mol. The number of rotatable bonds is 5. The Balaban J connectivity index is 0. The van der Waals surface area contributed by atoms with E-state index in [-0.39, 0.29) is 25.5 Å². The third-order valence-electron chi connectivity index (χ3n) is 0.888. The maximum atomic E-state index is 10.7. The number of carbonyl (C=O) groups excluding carboxylic acids is 2. The summed E-state index contributed by atoms with van der Waals surface area (Å²) in [6, 6.07) is 0. The van der Waals surface area contributed by atoms with Crippen LogP contribution in [0.15, 0.2) is 12.7 Å². The van der Waals surface area contributed by atoms with Gasteiger partial charge in [-0.25, -0.2) is 0 Å². The van der Waals surface area contributed by atoms with Gasteiger partial charge in [0.2, 0.25) is 0 Å². The topological polar surface area (TPSA) is 93.1 Å². The Morgan fingerprint density at radius 3 is 2.36 bits per heavy atom. The normalized spacial score (nSPS) is 8.14. The number of carbonyl (C=O) groups is 2. The van der Waals surface area contributed by atoms with E-state index in [1.54, 1.807) is 0 Å². The molecule has 0 bridgehead atoms. The van der Waals surface area contributed by atoms with Crippen molar-refractivity contribution < 1.29 is 29.0 Å². The molecule has 74 valence electrons. The predicted octanol–water partition coefficient (Wildman–Crippen LogP) is -2.03. The number of hydrogen-bond acceptors (Lipinski definition) is 6. The first-order valence-corrected chi connectivity index (χ1v) is 3.38. The van der Waals surface area contributed by atoms with E-state index in [0.717, 1.165) is 0 Å². The van der Waals surface area contributed by atoms with E-state index in [1.165, 1.54) is 6.08 Å². The molecule has 0 atom stereocenters. The van der Waals surface area contributed by atoms with Crippen LogP contribution in [0.25, 0.3) is 0 Å². The van der Waals surface area contributed by atoms with Crippen LogP contribution in [-0.4, -0.2) is 54.8 Å². The molecule has 0 saturated carbocycles. The SMILES string of the molecule is C=CCOC(=O)CC(=O)OB(O)O.[LiH]. The molecule has 0 aliphatic rings. The molecular weight excluding hydrogens is 186 g/mol. The Labute approximate surface area is 93.2 Å². The summed E-state index contributed by atoms with van der Waals surface area (Å²) in [6.07, 6.45) is 0.676. The Bertz CT molecular complexity index is 206. The van der Waals surface area contributed by atoms with Gasteiger partial charge in [0.05, 0.1) is 0 Å². The fraction of sp³-hybridized carbons (Fsp3) is 0.333. The van der Waals surface area contributed by atoms with Crippen molar-refractivity contribution in [1.82, 2.24) is 0 Å². The molecule has 0 aliphatic carbocycles. The average molecular weight is 196 g/mol. The molecule has 0 amide bonds. The van der Waals surface area contributed by atoms with Crippen LogP contribution in [0, 0.1) is 0 Å². The van der Waals surface area contributed by atoms with E-state index >= 15 is 0 Å². The zero-order valence-electron chi connectivity index (χ0n) is 6.80. The molecule has 0 spiro atoms. The van der Waals surface area contributed by atoms with Crippen LogP contribution in [0.5, 0.6) is 0 Å². The fourth-order valence-corrected chi connectivity index (χ4v) is 0.480. The van der Waals surface area contributed by atoms with Crippen LogP contribution >= 0.6 is 0 Å². The summed E-state index contributed by atoms with van der Waals surface area (Å²) < 4.78 is 8.27. The van der Waals surface area contributed by atoms with Gasteiger partial charge in [0.1, 0.15) is 13.0 Å². The molecule has 0 rings (SSSR count). The standard InChI is InChI=1S/C6H9BO6.Li.H/c1-2-3-12-5(8)4-6(9)13-7(10)11;;/h2,10-11H,1,3-4H2;;. The Morgan fingerprint density at radius 2 is 1.93 bits per heavy atom. The molecule has 0 aliphatic heterocycles. The van der Waals surface area contributed by atoms with Gasteiger partial charge >= 0.3 is 38.1 Å². The van der Waals surface area contributed by atoms with Gasteiger partial charge in [-0.1, -0.05) is 12.7 Å². The van der Waals surface area contributed by atoms with Crippen LogP contribution in [0.2, 0.25) is 0 Å². The number of ether oxygens (including phenoxy) is 1. The molecule has 0 heterocycles. The first kappa shape index (κ1) is 15.7. The molecule has 0 fully saturated rings. The first-order valence-electron chi connectivity index (χ1n) is 3.38. The Hall–Kier alpha value is -0.738. The van der Waals surface area contributed by atoms with Crippen molar-refractivity contribution in [3.63, 3.8) is 0 Å². The fourth-order valence-electron chi connectivity index (χ4n) is 0.480. The number of esters is 1. The summed E-state index contributed by atoms with van der Waals surface area (Å²) in [4.78, 5) is 21.2. The van der Waals surface area contributed by atoms with E-state index in [9.17, 15) is 9.59 Å². The molecular formula is C6H10BLiO6. The van der Waals surface area contributed by atoms with Crippen molar-refractivity contribution in [2.75, 3.05) is 6.61 Å². The summed E-state index contributed by atoms with van der Waals surface area (Å²) in [5.74, 6) is -1.88. The molecule has 0 radical (unpaired) electrons. The van der Waals surface area contributed by atoms with Crippen molar-refractivity contribution in [2.45, 2.75) is 6.42 Å². The molecule has 0 aromatic rings. The van der Waals surface area contributed by atoms with Crippen molar-refractivity contribution >= 4 is 38.1 Å². The van der Waals surface area contributed by atoms with Crippen LogP contribution < -0.4 is 0 Å². The molecule has 6 nitrogen and oxygen atoms in total. The van der Waals surface area contributed by atoms with E-state index in [1.807, 2.05) is 0 Å². The molecule has 0 unspecified atom stereocenters. The van der Waals surface area contributed by atoms with E-state index in [4.69, 9.17) is 10.0 Å². The Kier molecular flexibility index (Phi) is 9.93.